The minimum atomic E-state index is -0.160. The Morgan fingerprint density at radius 2 is 2.00 bits per heavy atom. The van der Waals surface area contributed by atoms with Gasteiger partial charge in [-0.1, -0.05) is 23.9 Å². The van der Waals surface area contributed by atoms with Gasteiger partial charge in [0.25, 0.3) is 5.56 Å². The number of hydrogen-bond donors (Lipinski definition) is 2. The Morgan fingerprint density at radius 3 is 2.81 bits per heavy atom. The summed E-state index contributed by atoms with van der Waals surface area (Å²) in [7, 11) is 0. The van der Waals surface area contributed by atoms with Crippen LogP contribution >= 0.6 is 11.8 Å². The zero-order valence-corrected chi connectivity index (χ0v) is 14.6. The van der Waals surface area contributed by atoms with Crippen LogP contribution in [0.5, 0.6) is 5.75 Å². The minimum absolute atomic E-state index is 0.160. The third kappa shape index (κ3) is 3.04. The Balaban J connectivity index is 1.62. The molecule has 0 saturated carbocycles. The summed E-state index contributed by atoms with van der Waals surface area (Å²) < 4.78 is 1.56. The van der Waals surface area contributed by atoms with E-state index in [2.05, 4.69) is 25.5 Å². The van der Waals surface area contributed by atoms with E-state index in [1.165, 1.54) is 11.8 Å². The molecule has 4 aromatic rings. The largest absolute Gasteiger partial charge is 0.508 e. The number of phenolic OH excluding ortho intramolecular Hbond substituents is 1. The van der Waals surface area contributed by atoms with E-state index in [1.54, 1.807) is 35.0 Å². The van der Waals surface area contributed by atoms with Crippen molar-refractivity contribution in [2.24, 2.45) is 0 Å². The zero-order valence-electron chi connectivity index (χ0n) is 13.7. The fourth-order valence-corrected chi connectivity index (χ4v) is 3.34. The molecule has 2 aromatic carbocycles. The second kappa shape index (κ2) is 6.60. The van der Waals surface area contributed by atoms with Gasteiger partial charge in [0.2, 0.25) is 5.16 Å². The first kappa shape index (κ1) is 16.3. The predicted molar refractivity (Wildman–Crippen MR) is 97.5 cm³/mol. The second-order valence-electron chi connectivity index (χ2n) is 5.66. The summed E-state index contributed by atoms with van der Waals surface area (Å²) in [4.78, 5) is 19.6. The lowest BCUT2D eigenvalue weighted by Gasteiger charge is -2.06. The molecule has 0 bridgehead atoms. The Kier molecular flexibility index (Phi) is 4.13. The highest BCUT2D eigenvalue weighted by Gasteiger charge is 2.11. The first-order valence-electron chi connectivity index (χ1n) is 7.81. The molecule has 0 fully saturated rings. The molecule has 26 heavy (non-hydrogen) atoms. The van der Waals surface area contributed by atoms with E-state index >= 15 is 0 Å². The van der Waals surface area contributed by atoms with Crippen molar-refractivity contribution >= 4 is 22.7 Å². The van der Waals surface area contributed by atoms with Gasteiger partial charge in [-0.3, -0.25) is 4.79 Å². The molecule has 8 nitrogen and oxygen atoms in total. The maximum absolute atomic E-state index is 12.3. The van der Waals surface area contributed by atoms with Gasteiger partial charge in [0, 0.05) is 0 Å². The van der Waals surface area contributed by atoms with Crippen LogP contribution in [0, 0.1) is 6.92 Å². The molecule has 0 amide bonds. The zero-order chi connectivity index (χ0) is 18.1. The van der Waals surface area contributed by atoms with Crippen LogP contribution < -0.4 is 5.56 Å². The molecule has 0 aliphatic rings. The molecule has 0 radical (unpaired) electrons. The number of aromatic nitrogens is 6. The highest BCUT2D eigenvalue weighted by molar-refractivity contribution is 7.98. The Labute approximate surface area is 151 Å². The van der Waals surface area contributed by atoms with Gasteiger partial charge in [-0.2, -0.15) is 4.68 Å². The van der Waals surface area contributed by atoms with Crippen molar-refractivity contribution < 1.29 is 5.11 Å². The van der Waals surface area contributed by atoms with Gasteiger partial charge in [0.1, 0.15) is 11.6 Å². The summed E-state index contributed by atoms with van der Waals surface area (Å²) in [6.45, 7) is 1.93. The number of fused-ring (bicyclic) bond motifs is 1. The fourth-order valence-electron chi connectivity index (χ4n) is 2.58. The van der Waals surface area contributed by atoms with Crippen LogP contribution in [0.1, 0.15) is 11.4 Å². The van der Waals surface area contributed by atoms with E-state index < -0.39 is 0 Å². The smallest absolute Gasteiger partial charge is 0.258 e. The van der Waals surface area contributed by atoms with Crippen molar-refractivity contribution in [3.05, 3.63) is 64.2 Å². The molecule has 2 heterocycles. The summed E-state index contributed by atoms with van der Waals surface area (Å²) in [5.74, 6) is 1.14. The average Bonchev–Trinajstić information content (AvgIpc) is 3.10. The lowest BCUT2D eigenvalue weighted by atomic mass is 10.1. The molecule has 0 spiro atoms. The fraction of sp³-hybridized carbons (Fsp3) is 0.118. The number of para-hydroxylation sites is 1. The number of aromatic hydroxyl groups is 1. The van der Waals surface area contributed by atoms with Gasteiger partial charge >= 0.3 is 0 Å². The van der Waals surface area contributed by atoms with Crippen LogP contribution in [0.4, 0.5) is 0 Å². The number of rotatable bonds is 4. The lowest BCUT2D eigenvalue weighted by Crippen LogP contribution is -2.12. The third-order valence-corrected chi connectivity index (χ3v) is 4.79. The topological polar surface area (TPSA) is 110 Å². The molecule has 0 unspecified atom stereocenters. The van der Waals surface area contributed by atoms with Crippen LogP contribution in [-0.4, -0.2) is 35.3 Å². The number of benzene rings is 2. The lowest BCUT2D eigenvalue weighted by molar-refractivity contribution is 0.475. The first-order chi connectivity index (χ1) is 12.6. The second-order valence-corrected chi connectivity index (χ2v) is 6.60. The first-order valence-corrected chi connectivity index (χ1v) is 8.79. The summed E-state index contributed by atoms with van der Waals surface area (Å²) in [6, 6.07) is 12.1. The summed E-state index contributed by atoms with van der Waals surface area (Å²) in [5, 5.41) is 22.2. The van der Waals surface area contributed by atoms with E-state index in [4.69, 9.17) is 0 Å². The monoisotopic (exact) mass is 366 g/mol. The molecule has 9 heteroatoms. The number of nitrogens with zero attached hydrogens (tertiary/aromatic N) is 5. The summed E-state index contributed by atoms with van der Waals surface area (Å²) in [6.07, 6.45) is 0. The van der Waals surface area contributed by atoms with Crippen LogP contribution in [0.15, 0.2) is 52.4 Å². The van der Waals surface area contributed by atoms with Crippen LogP contribution in [0.3, 0.4) is 0 Å². The van der Waals surface area contributed by atoms with Gasteiger partial charge in [-0.25, -0.2) is 4.98 Å². The maximum atomic E-state index is 12.3. The number of nitrogens with one attached hydrogen (secondary N) is 1. The molecule has 2 N–H and O–H groups in total. The Hall–Kier alpha value is -3.20. The van der Waals surface area contributed by atoms with Crippen molar-refractivity contribution in [2.45, 2.75) is 17.8 Å². The highest BCUT2D eigenvalue weighted by atomic mass is 32.2. The van der Waals surface area contributed by atoms with Crippen molar-refractivity contribution in [3.8, 4) is 11.4 Å². The SMILES string of the molecule is Cc1cccc2c(=O)[nH]c(CSc3nnnn3-c3ccc(O)cc3)nc12. The standard InChI is InChI=1S/C17H14N6O2S/c1-10-3-2-4-13-15(10)18-14(19-16(13)25)9-26-17-20-21-22-23(17)11-5-7-12(24)8-6-11/h2-8,24H,9H2,1H3,(H,18,19,25). The Morgan fingerprint density at radius 1 is 1.19 bits per heavy atom. The molecule has 0 aliphatic heterocycles. The molecule has 2 aromatic heterocycles. The van der Waals surface area contributed by atoms with Crippen molar-refractivity contribution in [2.75, 3.05) is 0 Å². The Bertz CT molecular complexity index is 1140. The average molecular weight is 366 g/mol. The normalized spacial score (nSPS) is 11.1. The molecule has 0 atom stereocenters. The van der Waals surface area contributed by atoms with E-state index in [0.29, 0.717) is 27.6 Å². The number of thioether (sulfide) groups is 1. The van der Waals surface area contributed by atoms with Gasteiger partial charge in [0.15, 0.2) is 0 Å². The van der Waals surface area contributed by atoms with Crippen molar-refractivity contribution in [1.29, 1.82) is 0 Å². The number of phenols is 1. The molecule has 4 rings (SSSR count). The molecular formula is C17H14N6O2S. The molecule has 0 aliphatic carbocycles. The molecule has 130 valence electrons. The number of aromatic amines is 1. The number of hydrogen-bond acceptors (Lipinski definition) is 7. The third-order valence-electron chi connectivity index (χ3n) is 3.86. The van der Waals surface area contributed by atoms with E-state index in [-0.39, 0.29) is 11.3 Å². The highest BCUT2D eigenvalue weighted by Crippen LogP contribution is 2.22. The van der Waals surface area contributed by atoms with Gasteiger partial charge in [-0.05, 0) is 53.2 Å². The number of H-pyrrole nitrogens is 1. The van der Waals surface area contributed by atoms with Crippen molar-refractivity contribution in [1.82, 2.24) is 30.2 Å². The van der Waals surface area contributed by atoms with E-state index in [0.717, 1.165) is 11.3 Å². The van der Waals surface area contributed by atoms with E-state index in [1.807, 2.05) is 19.1 Å². The van der Waals surface area contributed by atoms with Crippen LogP contribution in [0.25, 0.3) is 16.6 Å². The number of tetrazole rings is 1. The van der Waals surface area contributed by atoms with Crippen molar-refractivity contribution in [3.63, 3.8) is 0 Å². The van der Waals surface area contributed by atoms with Crippen LogP contribution in [0.2, 0.25) is 0 Å². The maximum Gasteiger partial charge on any atom is 0.258 e. The quantitative estimate of drug-likeness (QED) is 0.533. The minimum Gasteiger partial charge on any atom is -0.508 e. The molecule has 0 saturated heterocycles. The van der Waals surface area contributed by atoms with Gasteiger partial charge in [0.05, 0.1) is 22.3 Å². The summed E-state index contributed by atoms with van der Waals surface area (Å²) >= 11 is 1.36. The van der Waals surface area contributed by atoms with E-state index in [9.17, 15) is 9.90 Å². The van der Waals surface area contributed by atoms with Gasteiger partial charge in [-0.15, -0.1) is 5.10 Å². The molecular weight excluding hydrogens is 352 g/mol. The van der Waals surface area contributed by atoms with Crippen LogP contribution in [-0.2, 0) is 5.75 Å². The summed E-state index contributed by atoms with van der Waals surface area (Å²) in [5.41, 5.74) is 2.22. The number of aryl methyl sites for hydroxylation is 1. The van der Waals surface area contributed by atoms with Gasteiger partial charge < -0.3 is 10.1 Å². The predicted octanol–water partition coefficient (Wildman–Crippen LogP) is 2.21.